The molecule has 0 spiro atoms. The van der Waals surface area contributed by atoms with E-state index in [4.69, 9.17) is 27.9 Å². The van der Waals surface area contributed by atoms with E-state index in [1.54, 1.807) is 29.5 Å². The summed E-state index contributed by atoms with van der Waals surface area (Å²) in [6.07, 6.45) is 0.688. The predicted octanol–water partition coefficient (Wildman–Crippen LogP) is 3.50. The highest BCUT2D eigenvalue weighted by Crippen LogP contribution is 2.24. The molecule has 1 N–H and O–H groups in total. The highest BCUT2D eigenvalue weighted by molar-refractivity contribution is 7.09. The van der Waals surface area contributed by atoms with Gasteiger partial charge in [0.15, 0.2) is 6.61 Å². The number of hydrogen-bond donors (Lipinski definition) is 1. The molecule has 0 atom stereocenters. The molecule has 0 radical (unpaired) electrons. The molecule has 2 aromatic rings. The van der Waals surface area contributed by atoms with Crippen LogP contribution in [0.3, 0.4) is 0 Å². The monoisotopic (exact) mass is 371 g/mol. The number of carbonyl (C=O) groups is 2. The summed E-state index contributed by atoms with van der Waals surface area (Å²) >= 11 is 13.6. The fraction of sp³-hybridized carbons (Fsp3) is 0.250. The Kier molecular flexibility index (Phi) is 6.89. The van der Waals surface area contributed by atoms with Gasteiger partial charge in [0.2, 0.25) is 0 Å². The molecule has 0 unspecified atom stereocenters. The molecular weight excluding hydrogens is 357 g/mol. The Bertz CT molecular complexity index is 654. The smallest absolute Gasteiger partial charge is 0.310 e. The maximum Gasteiger partial charge on any atom is 0.310 e. The molecule has 7 heteroatoms. The third kappa shape index (κ3) is 5.86. The second-order valence-corrected chi connectivity index (χ2v) is 6.56. The lowest BCUT2D eigenvalue weighted by Crippen LogP contribution is -2.30. The molecule has 0 aliphatic carbocycles. The number of esters is 1. The van der Waals surface area contributed by atoms with E-state index in [1.165, 1.54) is 4.88 Å². The van der Waals surface area contributed by atoms with E-state index in [0.717, 1.165) is 6.42 Å². The van der Waals surface area contributed by atoms with Gasteiger partial charge < -0.3 is 10.1 Å². The highest BCUT2D eigenvalue weighted by atomic mass is 35.5. The van der Waals surface area contributed by atoms with Gasteiger partial charge in [-0.3, -0.25) is 9.59 Å². The minimum Gasteiger partial charge on any atom is -0.455 e. The topological polar surface area (TPSA) is 55.4 Å². The van der Waals surface area contributed by atoms with E-state index >= 15 is 0 Å². The minimum atomic E-state index is -0.548. The van der Waals surface area contributed by atoms with Crippen molar-refractivity contribution in [2.45, 2.75) is 12.8 Å². The zero-order chi connectivity index (χ0) is 16.7. The van der Waals surface area contributed by atoms with Gasteiger partial charge in [0.25, 0.3) is 5.91 Å². The van der Waals surface area contributed by atoms with Crippen LogP contribution in [0.5, 0.6) is 0 Å². The Morgan fingerprint density at radius 3 is 2.52 bits per heavy atom. The van der Waals surface area contributed by atoms with Crippen molar-refractivity contribution >= 4 is 46.4 Å². The lowest BCUT2D eigenvalue weighted by Gasteiger charge is -2.08. The first-order valence-electron chi connectivity index (χ1n) is 6.94. The molecule has 4 nitrogen and oxygen atoms in total. The number of benzene rings is 1. The fourth-order valence-corrected chi connectivity index (χ4v) is 3.11. The number of ether oxygens (including phenoxy) is 1. The van der Waals surface area contributed by atoms with Crippen LogP contribution < -0.4 is 5.32 Å². The maximum absolute atomic E-state index is 11.8. The molecule has 0 aliphatic rings. The minimum absolute atomic E-state index is 0.0685. The standard InChI is InChI=1S/C16H15Cl2NO3S/c17-13-4-1-5-14(18)12(13)9-16(21)22-10-15(20)19-7-6-11-3-2-8-23-11/h1-5,8H,6-7,9-10H2,(H,19,20). The van der Waals surface area contributed by atoms with Gasteiger partial charge in [0, 0.05) is 27.0 Å². The van der Waals surface area contributed by atoms with Gasteiger partial charge in [0.1, 0.15) is 0 Å². The molecule has 0 aliphatic heterocycles. The Balaban J connectivity index is 1.70. The summed E-state index contributed by atoms with van der Waals surface area (Å²) in [7, 11) is 0. The van der Waals surface area contributed by atoms with Crippen molar-refractivity contribution in [3.8, 4) is 0 Å². The van der Waals surface area contributed by atoms with Crippen LogP contribution in [-0.2, 0) is 27.2 Å². The number of rotatable bonds is 7. The summed E-state index contributed by atoms with van der Waals surface area (Å²) in [5.41, 5.74) is 0.499. The van der Waals surface area contributed by atoms with Gasteiger partial charge >= 0.3 is 5.97 Å². The van der Waals surface area contributed by atoms with Gasteiger partial charge in [0.05, 0.1) is 6.42 Å². The van der Waals surface area contributed by atoms with Crippen LogP contribution in [0.15, 0.2) is 35.7 Å². The molecule has 0 bridgehead atoms. The first-order valence-corrected chi connectivity index (χ1v) is 8.57. The van der Waals surface area contributed by atoms with Crippen LogP contribution in [-0.4, -0.2) is 25.0 Å². The van der Waals surface area contributed by atoms with E-state index in [9.17, 15) is 9.59 Å². The third-order valence-electron chi connectivity index (χ3n) is 3.02. The molecule has 0 fully saturated rings. The molecule has 1 amide bonds. The zero-order valence-corrected chi connectivity index (χ0v) is 14.5. The van der Waals surface area contributed by atoms with Gasteiger partial charge in [-0.15, -0.1) is 11.3 Å². The van der Waals surface area contributed by atoms with Crippen molar-refractivity contribution in [1.82, 2.24) is 5.32 Å². The Morgan fingerprint density at radius 1 is 1.13 bits per heavy atom. The lowest BCUT2D eigenvalue weighted by molar-refractivity contribution is -0.147. The molecule has 122 valence electrons. The van der Waals surface area contributed by atoms with Gasteiger partial charge in [-0.05, 0) is 30.0 Å². The van der Waals surface area contributed by atoms with Crippen LogP contribution in [0.1, 0.15) is 10.4 Å². The summed E-state index contributed by atoms with van der Waals surface area (Å²) < 4.78 is 4.94. The van der Waals surface area contributed by atoms with Gasteiger partial charge in [-0.1, -0.05) is 35.3 Å². The van der Waals surface area contributed by atoms with E-state index in [-0.39, 0.29) is 18.9 Å². The molecule has 23 heavy (non-hydrogen) atoms. The van der Waals surface area contributed by atoms with Crippen molar-refractivity contribution in [2.24, 2.45) is 0 Å². The van der Waals surface area contributed by atoms with Crippen molar-refractivity contribution in [3.05, 3.63) is 56.2 Å². The molecular formula is C16H15Cl2NO3S. The van der Waals surface area contributed by atoms with E-state index < -0.39 is 5.97 Å². The molecule has 1 aromatic carbocycles. The number of amides is 1. The van der Waals surface area contributed by atoms with Gasteiger partial charge in [-0.25, -0.2) is 0 Å². The van der Waals surface area contributed by atoms with Crippen LogP contribution in [0.2, 0.25) is 10.0 Å². The summed E-state index contributed by atoms with van der Waals surface area (Å²) in [5, 5.41) is 5.48. The largest absolute Gasteiger partial charge is 0.455 e. The predicted molar refractivity (Wildman–Crippen MR) is 92.2 cm³/mol. The van der Waals surface area contributed by atoms with Gasteiger partial charge in [-0.2, -0.15) is 0 Å². The van der Waals surface area contributed by atoms with Crippen molar-refractivity contribution in [2.75, 3.05) is 13.2 Å². The fourth-order valence-electron chi connectivity index (χ4n) is 1.87. The molecule has 1 aromatic heterocycles. The first-order chi connectivity index (χ1) is 11.1. The highest BCUT2D eigenvalue weighted by Gasteiger charge is 2.13. The third-order valence-corrected chi connectivity index (χ3v) is 4.67. The Labute approximate surface area is 148 Å². The van der Waals surface area contributed by atoms with Crippen molar-refractivity contribution < 1.29 is 14.3 Å². The van der Waals surface area contributed by atoms with Crippen LogP contribution in [0, 0.1) is 0 Å². The number of hydrogen-bond acceptors (Lipinski definition) is 4. The lowest BCUT2D eigenvalue weighted by atomic mass is 10.1. The normalized spacial score (nSPS) is 10.3. The maximum atomic E-state index is 11.8. The second-order valence-electron chi connectivity index (χ2n) is 4.72. The summed E-state index contributed by atoms with van der Waals surface area (Å²) in [6.45, 7) is 0.193. The molecule has 1 heterocycles. The summed E-state index contributed by atoms with van der Waals surface area (Å²) in [4.78, 5) is 24.6. The van der Waals surface area contributed by atoms with E-state index in [0.29, 0.717) is 22.2 Å². The van der Waals surface area contributed by atoms with Crippen molar-refractivity contribution in [1.29, 1.82) is 0 Å². The Hall–Kier alpha value is -1.56. The molecule has 0 saturated heterocycles. The Morgan fingerprint density at radius 2 is 1.87 bits per heavy atom. The van der Waals surface area contributed by atoms with Crippen molar-refractivity contribution in [3.63, 3.8) is 0 Å². The average molecular weight is 372 g/mol. The van der Waals surface area contributed by atoms with Crippen LogP contribution >= 0.6 is 34.5 Å². The number of thiophene rings is 1. The number of carbonyl (C=O) groups excluding carboxylic acids is 2. The van der Waals surface area contributed by atoms with Crippen LogP contribution in [0.25, 0.3) is 0 Å². The average Bonchev–Trinajstić information content (AvgIpc) is 3.02. The first kappa shape index (κ1) is 17.8. The van der Waals surface area contributed by atoms with Crippen LogP contribution in [0.4, 0.5) is 0 Å². The SMILES string of the molecule is O=C(COC(=O)Cc1c(Cl)cccc1Cl)NCCc1cccs1. The molecule has 0 saturated carbocycles. The number of halogens is 2. The summed E-state index contributed by atoms with van der Waals surface area (Å²) in [5.74, 6) is -0.881. The second kappa shape index (κ2) is 8.91. The number of nitrogens with one attached hydrogen (secondary N) is 1. The zero-order valence-electron chi connectivity index (χ0n) is 12.2. The quantitative estimate of drug-likeness (QED) is 0.757. The van der Waals surface area contributed by atoms with E-state index in [1.807, 2.05) is 17.5 Å². The molecule has 2 rings (SSSR count). The summed E-state index contributed by atoms with van der Waals surface area (Å²) in [6, 6.07) is 8.95. The van der Waals surface area contributed by atoms with E-state index in [2.05, 4.69) is 5.32 Å².